The van der Waals surface area contributed by atoms with Crippen molar-refractivity contribution in [2.45, 2.75) is 6.54 Å². The van der Waals surface area contributed by atoms with Gasteiger partial charge in [0.15, 0.2) is 0 Å². The lowest BCUT2D eigenvalue weighted by atomic mass is 10.2. The number of imide groups is 1. The van der Waals surface area contributed by atoms with Crippen LogP contribution in [0.5, 0.6) is 0 Å². The number of rotatable bonds is 3. The third-order valence-electron chi connectivity index (χ3n) is 2.21. The molecule has 1 aromatic heterocycles. The molecule has 2 rings (SSSR count). The van der Waals surface area contributed by atoms with E-state index >= 15 is 0 Å². The van der Waals surface area contributed by atoms with Crippen molar-refractivity contribution in [1.29, 1.82) is 0 Å². The summed E-state index contributed by atoms with van der Waals surface area (Å²) in [5, 5.41) is 11.1. The molecule has 1 saturated heterocycles. The van der Waals surface area contributed by atoms with Crippen LogP contribution in [0.1, 0.15) is 16.1 Å². The fourth-order valence-electron chi connectivity index (χ4n) is 1.41. The monoisotopic (exact) mass is 224 g/mol. The zero-order valence-corrected chi connectivity index (χ0v) is 8.10. The third-order valence-corrected chi connectivity index (χ3v) is 2.21. The summed E-state index contributed by atoms with van der Waals surface area (Å²) in [6, 6.07) is 0.730. The molecular formula is C9H8N2O5. The second-order valence-corrected chi connectivity index (χ2v) is 3.20. The molecule has 0 aliphatic carbocycles. The highest BCUT2D eigenvalue weighted by Crippen LogP contribution is 2.14. The molecule has 7 heteroatoms. The molecule has 84 valence electrons. The topological polar surface area (TPSA) is 99.8 Å². The number of amides is 3. The summed E-state index contributed by atoms with van der Waals surface area (Å²) in [6.45, 7) is -0.235. The molecule has 3 amide bonds. The summed E-state index contributed by atoms with van der Waals surface area (Å²) >= 11 is 0. The van der Waals surface area contributed by atoms with Gasteiger partial charge in [-0.3, -0.25) is 9.69 Å². The Morgan fingerprint density at radius 1 is 1.56 bits per heavy atom. The third kappa shape index (κ3) is 1.62. The van der Waals surface area contributed by atoms with Crippen LogP contribution in [-0.2, 0) is 11.3 Å². The van der Waals surface area contributed by atoms with Gasteiger partial charge in [0.2, 0.25) is 5.91 Å². The second-order valence-electron chi connectivity index (χ2n) is 3.20. The van der Waals surface area contributed by atoms with E-state index in [0.29, 0.717) is 0 Å². The molecule has 7 nitrogen and oxygen atoms in total. The van der Waals surface area contributed by atoms with E-state index in [-0.39, 0.29) is 24.4 Å². The number of carbonyl (C=O) groups is 3. The molecule has 0 aromatic carbocycles. The fraction of sp³-hybridized carbons (Fsp3) is 0.222. The van der Waals surface area contributed by atoms with Crippen LogP contribution in [0.25, 0.3) is 0 Å². The van der Waals surface area contributed by atoms with E-state index < -0.39 is 17.9 Å². The molecule has 0 spiro atoms. The summed E-state index contributed by atoms with van der Waals surface area (Å²) in [4.78, 5) is 34.1. The first-order valence-corrected chi connectivity index (χ1v) is 4.47. The van der Waals surface area contributed by atoms with Crippen LogP contribution in [-0.4, -0.2) is 34.5 Å². The maximum absolute atomic E-state index is 11.2. The molecule has 0 atom stereocenters. The Balaban J connectivity index is 2.20. The average Bonchev–Trinajstić information content (AvgIpc) is 2.80. The minimum atomic E-state index is -1.16. The van der Waals surface area contributed by atoms with Crippen molar-refractivity contribution >= 4 is 17.9 Å². The van der Waals surface area contributed by atoms with E-state index in [9.17, 15) is 14.4 Å². The maximum Gasteiger partial charge on any atom is 0.339 e. The number of carbonyl (C=O) groups excluding carboxylic acids is 2. The molecule has 16 heavy (non-hydrogen) atoms. The van der Waals surface area contributed by atoms with Crippen molar-refractivity contribution in [3.05, 3.63) is 23.7 Å². The molecule has 0 bridgehead atoms. The molecule has 1 fully saturated rings. The zero-order valence-electron chi connectivity index (χ0n) is 8.10. The Bertz CT molecular complexity index is 448. The number of aromatic carboxylic acids is 1. The normalized spacial score (nSPS) is 15.4. The highest BCUT2D eigenvalue weighted by molar-refractivity contribution is 6.02. The highest BCUT2D eigenvalue weighted by Gasteiger charge is 2.30. The lowest BCUT2D eigenvalue weighted by Gasteiger charge is -2.10. The van der Waals surface area contributed by atoms with Gasteiger partial charge in [-0.2, -0.15) is 0 Å². The van der Waals surface area contributed by atoms with E-state index in [2.05, 4.69) is 5.32 Å². The largest absolute Gasteiger partial charge is 0.478 e. The SMILES string of the molecule is O=C(O)c1ccoc1CN1C(=O)CNC1=O. The highest BCUT2D eigenvalue weighted by atomic mass is 16.4. The van der Waals surface area contributed by atoms with Gasteiger partial charge in [-0.15, -0.1) is 0 Å². The van der Waals surface area contributed by atoms with E-state index in [1.54, 1.807) is 0 Å². The van der Waals surface area contributed by atoms with Gasteiger partial charge in [0, 0.05) is 0 Å². The number of nitrogens with one attached hydrogen (secondary N) is 1. The van der Waals surface area contributed by atoms with Crippen LogP contribution in [0.4, 0.5) is 4.79 Å². The van der Waals surface area contributed by atoms with Crippen LogP contribution < -0.4 is 5.32 Å². The first kappa shape index (κ1) is 10.2. The van der Waals surface area contributed by atoms with Crippen LogP contribution in [0.15, 0.2) is 16.7 Å². The van der Waals surface area contributed by atoms with Crippen molar-refractivity contribution in [2.24, 2.45) is 0 Å². The van der Waals surface area contributed by atoms with E-state index in [0.717, 1.165) is 4.90 Å². The van der Waals surface area contributed by atoms with E-state index in [1.807, 2.05) is 0 Å². The summed E-state index contributed by atoms with van der Waals surface area (Å²) in [7, 11) is 0. The van der Waals surface area contributed by atoms with Gasteiger partial charge in [0.25, 0.3) is 0 Å². The van der Waals surface area contributed by atoms with Gasteiger partial charge < -0.3 is 14.8 Å². The van der Waals surface area contributed by atoms with Crippen molar-refractivity contribution in [3.63, 3.8) is 0 Å². The van der Waals surface area contributed by atoms with Crippen LogP contribution in [0.2, 0.25) is 0 Å². The minimum absolute atomic E-state index is 0.0486. The Morgan fingerprint density at radius 2 is 2.31 bits per heavy atom. The number of urea groups is 1. The molecule has 1 aliphatic rings. The lowest BCUT2D eigenvalue weighted by molar-refractivity contribution is -0.125. The Morgan fingerprint density at radius 3 is 2.88 bits per heavy atom. The van der Waals surface area contributed by atoms with Gasteiger partial charge in [0.05, 0.1) is 19.4 Å². The predicted molar refractivity (Wildman–Crippen MR) is 49.6 cm³/mol. The molecule has 2 heterocycles. The molecule has 1 aliphatic heterocycles. The average molecular weight is 224 g/mol. The van der Waals surface area contributed by atoms with Crippen molar-refractivity contribution < 1.29 is 23.9 Å². The van der Waals surface area contributed by atoms with Crippen LogP contribution >= 0.6 is 0 Å². The van der Waals surface area contributed by atoms with Gasteiger partial charge in [-0.1, -0.05) is 0 Å². The lowest BCUT2D eigenvalue weighted by Crippen LogP contribution is -2.30. The first-order chi connectivity index (χ1) is 7.59. The summed E-state index contributed by atoms with van der Waals surface area (Å²) < 4.78 is 4.93. The number of nitrogens with zero attached hydrogens (tertiary/aromatic N) is 1. The molecule has 0 saturated carbocycles. The smallest absolute Gasteiger partial charge is 0.339 e. The quantitative estimate of drug-likeness (QED) is 0.705. The number of hydrogen-bond acceptors (Lipinski definition) is 4. The molecular weight excluding hydrogens is 216 g/mol. The standard InChI is InChI=1S/C9H8N2O5/c12-7-3-10-9(15)11(7)4-6-5(8(13)14)1-2-16-6/h1-2H,3-4H2,(H,10,15)(H,13,14). The van der Waals surface area contributed by atoms with Crippen LogP contribution in [0.3, 0.4) is 0 Å². The van der Waals surface area contributed by atoms with Crippen molar-refractivity contribution in [1.82, 2.24) is 10.2 Å². The summed E-state index contributed by atoms with van der Waals surface area (Å²) in [5.74, 6) is -1.48. The van der Waals surface area contributed by atoms with E-state index in [1.165, 1.54) is 12.3 Å². The van der Waals surface area contributed by atoms with Crippen molar-refractivity contribution in [2.75, 3.05) is 6.54 Å². The summed E-state index contributed by atoms with van der Waals surface area (Å²) in [5.41, 5.74) is -0.0486. The molecule has 2 N–H and O–H groups in total. The Kier molecular flexibility index (Phi) is 2.35. The minimum Gasteiger partial charge on any atom is -0.478 e. The number of carboxylic acid groups (broad SMARTS) is 1. The zero-order chi connectivity index (χ0) is 11.7. The number of furan rings is 1. The predicted octanol–water partition coefficient (Wildman–Crippen LogP) is 0.0296. The number of carboxylic acids is 1. The Hall–Kier alpha value is -2.31. The molecule has 0 radical (unpaired) electrons. The van der Waals surface area contributed by atoms with Crippen molar-refractivity contribution in [3.8, 4) is 0 Å². The number of hydrogen-bond donors (Lipinski definition) is 2. The van der Waals surface area contributed by atoms with Crippen LogP contribution in [0, 0.1) is 0 Å². The van der Waals surface area contributed by atoms with Gasteiger partial charge in [0.1, 0.15) is 11.3 Å². The summed E-state index contributed by atoms with van der Waals surface area (Å²) in [6.07, 6.45) is 1.21. The van der Waals surface area contributed by atoms with Gasteiger partial charge in [-0.05, 0) is 6.07 Å². The molecule has 1 aromatic rings. The first-order valence-electron chi connectivity index (χ1n) is 4.47. The Labute approximate surface area is 89.6 Å². The van der Waals surface area contributed by atoms with E-state index in [4.69, 9.17) is 9.52 Å². The maximum atomic E-state index is 11.2. The molecule has 0 unspecified atom stereocenters. The van der Waals surface area contributed by atoms with Gasteiger partial charge in [-0.25, -0.2) is 9.59 Å². The second kappa shape index (κ2) is 3.69. The fourth-order valence-corrected chi connectivity index (χ4v) is 1.41. The van der Waals surface area contributed by atoms with Gasteiger partial charge >= 0.3 is 12.0 Å².